The molecule has 0 aromatic rings. The summed E-state index contributed by atoms with van der Waals surface area (Å²) in [7, 11) is 0. The molecule has 4 N–H and O–H groups in total. The zero-order valence-electron chi connectivity index (χ0n) is 7.00. The number of nitrogens with one attached hydrogen (secondary N) is 1. The standard InChI is InChI=1S/C7H16N2O2/c1-5(7(10)11)6(2)9-4-3-8/h5-6,9H,3-4,8H2,1-2H3,(H,10,11). The van der Waals surface area contributed by atoms with E-state index in [-0.39, 0.29) is 12.0 Å². The molecule has 2 unspecified atom stereocenters. The normalized spacial score (nSPS) is 15.9. The molecule has 0 rings (SSSR count). The van der Waals surface area contributed by atoms with Gasteiger partial charge in [0.25, 0.3) is 0 Å². The lowest BCUT2D eigenvalue weighted by atomic mass is 10.0. The van der Waals surface area contributed by atoms with Gasteiger partial charge in [0.15, 0.2) is 0 Å². The van der Waals surface area contributed by atoms with Gasteiger partial charge in [-0.3, -0.25) is 4.79 Å². The molecule has 66 valence electrons. The van der Waals surface area contributed by atoms with Gasteiger partial charge in [0.05, 0.1) is 5.92 Å². The van der Waals surface area contributed by atoms with Crippen molar-refractivity contribution in [2.45, 2.75) is 19.9 Å². The fourth-order valence-electron chi connectivity index (χ4n) is 0.702. The third-order valence-electron chi connectivity index (χ3n) is 1.75. The Balaban J connectivity index is 3.63. The number of nitrogens with two attached hydrogens (primary N) is 1. The Morgan fingerprint density at radius 2 is 2.18 bits per heavy atom. The van der Waals surface area contributed by atoms with E-state index in [1.54, 1.807) is 6.92 Å². The van der Waals surface area contributed by atoms with Crippen LogP contribution < -0.4 is 11.1 Å². The van der Waals surface area contributed by atoms with Crippen LogP contribution in [0.2, 0.25) is 0 Å². The van der Waals surface area contributed by atoms with Crippen LogP contribution in [0, 0.1) is 5.92 Å². The topological polar surface area (TPSA) is 75.3 Å². The molecule has 0 fully saturated rings. The Kier molecular flexibility index (Phi) is 4.81. The van der Waals surface area contributed by atoms with Crippen molar-refractivity contribution in [1.82, 2.24) is 5.32 Å². The third kappa shape index (κ3) is 3.95. The lowest BCUT2D eigenvalue weighted by molar-refractivity contribution is -0.141. The van der Waals surface area contributed by atoms with Crippen LogP contribution in [-0.4, -0.2) is 30.2 Å². The molecule has 0 aliphatic heterocycles. The van der Waals surface area contributed by atoms with Crippen molar-refractivity contribution < 1.29 is 9.90 Å². The fourth-order valence-corrected chi connectivity index (χ4v) is 0.702. The second-order valence-electron chi connectivity index (χ2n) is 2.66. The van der Waals surface area contributed by atoms with Crippen molar-refractivity contribution in [2.24, 2.45) is 11.7 Å². The fraction of sp³-hybridized carbons (Fsp3) is 0.857. The van der Waals surface area contributed by atoms with Crippen LogP contribution in [0.3, 0.4) is 0 Å². The van der Waals surface area contributed by atoms with E-state index in [0.29, 0.717) is 13.1 Å². The van der Waals surface area contributed by atoms with Gasteiger partial charge in [-0.2, -0.15) is 0 Å². The highest BCUT2D eigenvalue weighted by atomic mass is 16.4. The van der Waals surface area contributed by atoms with Gasteiger partial charge in [-0.25, -0.2) is 0 Å². The molecule has 0 spiro atoms. The van der Waals surface area contributed by atoms with Crippen molar-refractivity contribution in [3.63, 3.8) is 0 Å². The van der Waals surface area contributed by atoms with Crippen LogP contribution >= 0.6 is 0 Å². The highest BCUT2D eigenvalue weighted by Crippen LogP contribution is 2.00. The van der Waals surface area contributed by atoms with Crippen molar-refractivity contribution in [3.05, 3.63) is 0 Å². The lowest BCUT2D eigenvalue weighted by Gasteiger charge is -2.16. The first-order valence-electron chi connectivity index (χ1n) is 3.75. The average molecular weight is 160 g/mol. The van der Waals surface area contributed by atoms with Crippen LogP contribution in [0.25, 0.3) is 0 Å². The number of aliphatic carboxylic acids is 1. The Labute approximate surface area is 66.8 Å². The van der Waals surface area contributed by atoms with E-state index in [2.05, 4.69) is 5.32 Å². The van der Waals surface area contributed by atoms with Gasteiger partial charge < -0.3 is 16.2 Å². The Morgan fingerprint density at radius 3 is 2.55 bits per heavy atom. The summed E-state index contributed by atoms with van der Waals surface area (Å²) in [5.74, 6) is -1.14. The summed E-state index contributed by atoms with van der Waals surface area (Å²) in [5.41, 5.74) is 5.24. The van der Waals surface area contributed by atoms with Crippen LogP contribution in [0.5, 0.6) is 0 Å². The van der Waals surface area contributed by atoms with Crippen LogP contribution in [0.15, 0.2) is 0 Å². The Morgan fingerprint density at radius 1 is 1.64 bits per heavy atom. The maximum absolute atomic E-state index is 10.4. The molecular formula is C7H16N2O2. The molecule has 0 aromatic heterocycles. The van der Waals surface area contributed by atoms with Gasteiger partial charge in [-0.05, 0) is 6.92 Å². The zero-order valence-corrected chi connectivity index (χ0v) is 7.00. The SMILES string of the molecule is CC(NCCN)C(C)C(=O)O. The van der Waals surface area contributed by atoms with E-state index in [1.165, 1.54) is 0 Å². The highest BCUT2D eigenvalue weighted by Gasteiger charge is 2.17. The predicted molar refractivity (Wildman–Crippen MR) is 43.3 cm³/mol. The smallest absolute Gasteiger partial charge is 0.307 e. The average Bonchev–Trinajstić information content (AvgIpc) is 1.98. The van der Waals surface area contributed by atoms with Crippen LogP contribution in [0.1, 0.15) is 13.8 Å². The Hall–Kier alpha value is -0.610. The molecule has 0 amide bonds. The summed E-state index contributed by atoms with van der Waals surface area (Å²) in [6, 6.07) is -0.0175. The molecule has 0 saturated heterocycles. The largest absolute Gasteiger partial charge is 0.481 e. The summed E-state index contributed by atoms with van der Waals surface area (Å²) in [6.07, 6.45) is 0. The lowest BCUT2D eigenvalue weighted by Crippen LogP contribution is -2.38. The minimum Gasteiger partial charge on any atom is -0.481 e. The molecule has 11 heavy (non-hydrogen) atoms. The van der Waals surface area contributed by atoms with Crippen LogP contribution in [-0.2, 0) is 4.79 Å². The number of carboxylic acids is 1. The van der Waals surface area contributed by atoms with E-state index in [1.807, 2.05) is 6.92 Å². The minimum absolute atomic E-state index is 0.0175. The summed E-state index contributed by atoms with van der Waals surface area (Å²) < 4.78 is 0. The minimum atomic E-state index is -0.776. The molecule has 0 heterocycles. The highest BCUT2D eigenvalue weighted by molar-refractivity contribution is 5.70. The number of hydrogen-bond donors (Lipinski definition) is 3. The van der Waals surface area contributed by atoms with Crippen molar-refractivity contribution >= 4 is 5.97 Å². The third-order valence-corrected chi connectivity index (χ3v) is 1.75. The second-order valence-corrected chi connectivity index (χ2v) is 2.66. The first kappa shape index (κ1) is 10.4. The van der Waals surface area contributed by atoms with Gasteiger partial charge in [-0.15, -0.1) is 0 Å². The molecular weight excluding hydrogens is 144 g/mol. The summed E-state index contributed by atoms with van der Waals surface area (Å²) in [5, 5.41) is 11.6. The zero-order chi connectivity index (χ0) is 8.85. The van der Waals surface area contributed by atoms with Gasteiger partial charge in [0.1, 0.15) is 0 Å². The molecule has 0 aliphatic rings. The number of carboxylic acid groups (broad SMARTS) is 1. The van der Waals surface area contributed by atoms with Gasteiger partial charge in [-0.1, -0.05) is 6.92 Å². The van der Waals surface area contributed by atoms with Crippen molar-refractivity contribution in [3.8, 4) is 0 Å². The van der Waals surface area contributed by atoms with E-state index >= 15 is 0 Å². The maximum atomic E-state index is 10.4. The molecule has 0 saturated carbocycles. The molecule has 2 atom stereocenters. The second kappa shape index (κ2) is 5.09. The van der Waals surface area contributed by atoms with E-state index in [0.717, 1.165) is 0 Å². The molecule has 0 aromatic carbocycles. The monoisotopic (exact) mass is 160 g/mol. The molecule has 0 radical (unpaired) electrons. The van der Waals surface area contributed by atoms with Crippen molar-refractivity contribution in [1.29, 1.82) is 0 Å². The number of carbonyl (C=O) groups is 1. The predicted octanol–water partition coefficient (Wildman–Crippen LogP) is -0.356. The summed E-state index contributed by atoms with van der Waals surface area (Å²) in [6.45, 7) is 4.72. The van der Waals surface area contributed by atoms with E-state index in [9.17, 15) is 4.79 Å². The Bertz CT molecular complexity index is 128. The van der Waals surface area contributed by atoms with Gasteiger partial charge in [0.2, 0.25) is 0 Å². The number of hydrogen-bond acceptors (Lipinski definition) is 3. The maximum Gasteiger partial charge on any atom is 0.307 e. The van der Waals surface area contributed by atoms with Crippen molar-refractivity contribution in [2.75, 3.05) is 13.1 Å². The molecule has 4 heteroatoms. The van der Waals surface area contributed by atoms with Gasteiger partial charge in [0, 0.05) is 19.1 Å². The van der Waals surface area contributed by atoms with E-state index < -0.39 is 5.97 Å². The van der Waals surface area contributed by atoms with Crippen LogP contribution in [0.4, 0.5) is 0 Å². The molecule has 0 bridgehead atoms. The molecule has 0 aliphatic carbocycles. The summed E-state index contributed by atoms with van der Waals surface area (Å²) in [4.78, 5) is 10.4. The number of rotatable bonds is 5. The van der Waals surface area contributed by atoms with Gasteiger partial charge >= 0.3 is 5.97 Å². The quantitative estimate of drug-likeness (QED) is 0.513. The first-order chi connectivity index (χ1) is 5.09. The van der Waals surface area contributed by atoms with E-state index in [4.69, 9.17) is 10.8 Å². The first-order valence-corrected chi connectivity index (χ1v) is 3.75. The molecule has 4 nitrogen and oxygen atoms in total. The summed E-state index contributed by atoms with van der Waals surface area (Å²) >= 11 is 0.